The SMILES string of the molecule is C=C(C1(C(OC)c2ccccc2)N=CN=N1)C1(C(OC)c2ccccc2)N=CN=N1. The predicted octanol–water partition coefficient (Wildman–Crippen LogP) is 4.70. The van der Waals surface area contributed by atoms with E-state index in [9.17, 15) is 0 Å². The van der Waals surface area contributed by atoms with Crippen LogP contribution in [0, 0.1) is 0 Å². The fraction of sp³-hybridized carbons (Fsp3) is 0.273. The first kappa shape index (κ1) is 19.9. The number of hydrogen-bond donors (Lipinski definition) is 0. The molecule has 0 saturated carbocycles. The monoisotopic (exact) mass is 402 g/mol. The van der Waals surface area contributed by atoms with Gasteiger partial charge in [-0.25, -0.2) is 9.98 Å². The Morgan fingerprint density at radius 2 is 1.13 bits per heavy atom. The molecule has 2 aliphatic heterocycles. The Balaban J connectivity index is 1.85. The van der Waals surface area contributed by atoms with Crippen molar-refractivity contribution in [2.24, 2.45) is 30.4 Å². The van der Waals surface area contributed by atoms with Crippen LogP contribution in [0.15, 0.2) is 103 Å². The van der Waals surface area contributed by atoms with Crippen molar-refractivity contribution in [3.63, 3.8) is 0 Å². The summed E-state index contributed by atoms with van der Waals surface area (Å²) in [6, 6.07) is 19.4. The molecule has 2 aromatic carbocycles. The van der Waals surface area contributed by atoms with Gasteiger partial charge in [0, 0.05) is 19.8 Å². The van der Waals surface area contributed by atoms with Crippen LogP contribution in [0.25, 0.3) is 0 Å². The van der Waals surface area contributed by atoms with E-state index in [-0.39, 0.29) is 0 Å². The number of aliphatic imine (C=N–C) groups is 2. The highest BCUT2D eigenvalue weighted by Crippen LogP contribution is 2.51. The van der Waals surface area contributed by atoms with E-state index in [0.29, 0.717) is 5.57 Å². The second-order valence-corrected chi connectivity index (χ2v) is 6.90. The van der Waals surface area contributed by atoms with Gasteiger partial charge < -0.3 is 9.47 Å². The van der Waals surface area contributed by atoms with Crippen molar-refractivity contribution in [2.75, 3.05) is 14.2 Å². The third-order valence-corrected chi connectivity index (χ3v) is 5.33. The molecule has 0 spiro atoms. The smallest absolute Gasteiger partial charge is 0.228 e. The average Bonchev–Trinajstić information content (AvgIpc) is 3.48. The lowest BCUT2D eigenvalue weighted by Gasteiger charge is -2.40. The summed E-state index contributed by atoms with van der Waals surface area (Å²) in [6.45, 7) is 4.36. The number of benzene rings is 2. The van der Waals surface area contributed by atoms with Gasteiger partial charge in [0.15, 0.2) is 0 Å². The van der Waals surface area contributed by atoms with Crippen LogP contribution in [0.1, 0.15) is 23.3 Å². The lowest BCUT2D eigenvalue weighted by atomic mass is 9.79. The van der Waals surface area contributed by atoms with Gasteiger partial charge in [0.2, 0.25) is 11.3 Å². The first-order chi connectivity index (χ1) is 14.7. The minimum Gasteiger partial charge on any atom is -0.372 e. The summed E-state index contributed by atoms with van der Waals surface area (Å²) in [5.41, 5.74) is -0.342. The Hall–Kier alpha value is -3.36. The predicted molar refractivity (Wildman–Crippen MR) is 114 cm³/mol. The van der Waals surface area contributed by atoms with Gasteiger partial charge in [0.1, 0.15) is 24.9 Å². The minimum atomic E-state index is -1.28. The van der Waals surface area contributed by atoms with Gasteiger partial charge in [-0.3, -0.25) is 0 Å². The van der Waals surface area contributed by atoms with Crippen molar-refractivity contribution in [2.45, 2.75) is 23.5 Å². The van der Waals surface area contributed by atoms with Gasteiger partial charge in [0.25, 0.3) is 0 Å². The number of nitrogens with zero attached hydrogens (tertiary/aromatic N) is 6. The highest BCUT2D eigenvalue weighted by atomic mass is 16.5. The first-order valence-corrected chi connectivity index (χ1v) is 9.44. The summed E-state index contributed by atoms with van der Waals surface area (Å²) in [5.74, 6) is 0. The fourth-order valence-electron chi connectivity index (χ4n) is 3.93. The average molecular weight is 402 g/mol. The van der Waals surface area contributed by atoms with Crippen LogP contribution < -0.4 is 0 Å². The first-order valence-electron chi connectivity index (χ1n) is 9.44. The standard InChI is InChI=1S/C22H22N6O2/c1-16(21(23-14-25-27-21)19(29-2)17-10-6-4-7-11-17)22(24-15-26-28-22)20(30-3)18-12-8-5-9-13-18/h4-15,19-20H,1H2,2-3H3. The highest BCUT2D eigenvalue weighted by molar-refractivity contribution is 5.63. The van der Waals surface area contributed by atoms with Gasteiger partial charge in [-0.1, -0.05) is 67.2 Å². The molecule has 30 heavy (non-hydrogen) atoms. The summed E-state index contributed by atoms with van der Waals surface area (Å²) in [5, 5.41) is 17.0. The van der Waals surface area contributed by atoms with Crippen molar-refractivity contribution in [3.05, 3.63) is 83.9 Å². The van der Waals surface area contributed by atoms with Gasteiger partial charge >= 0.3 is 0 Å². The van der Waals surface area contributed by atoms with E-state index in [2.05, 4.69) is 37.0 Å². The summed E-state index contributed by atoms with van der Waals surface area (Å²) in [4.78, 5) is 9.20. The summed E-state index contributed by atoms with van der Waals surface area (Å²) in [6.07, 6.45) is 1.61. The third kappa shape index (κ3) is 3.10. The van der Waals surface area contributed by atoms with E-state index in [1.165, 1.54) is 12.7 Å². The molecule has 0 N–H and O–H groups in total. The summed E-state index contributed by atoms with van der Waals surface area (Å²) in [7, 11) is 3.21. The lowest BCUT2D eigenvalue weighted by Crippen LogP contribution is -2.46. The molecule has 4 atom stereocenters. The van der Waals surface area contributed by atoms with Gasteiger partial charge in [-0.15, -0.1) is 20.5 Å². The zero-order chi connectivity index (χ0) is 21.0. The van der Waals surface area contributed by atoms with Crippen molar-refractivity contribution in [1.29, 1.82) is 0 Å². The molecule has 2 aliphatic rings. The van der Waals surface area contributed by atoms with E-state index in [1.54, 1.807) is 14.2 Å². The van der Waals surface area contributed by atoms with Crippen LogP contribution in [0.2, 0.25) is 0 Å². The molecule has 0 aliphatic carbocycles. The van der Waals surface area contributed by atoms with Crippen LogP contribution in [-0.4, -0.2) is 38.2 Å². The van der Waals surface area contributed by atoms with Crippen LogP contribution in [0.3, 0.4) is 0 Å². The van der Waals surface area contributed by atoms with Crippen LogP contribution >= 0.6 is 0 Å². The largest absolute Gasteiger partial charge is 0.372 e. The van der Waals surface area contributed by atoms with Gasteiger partial charge in [-0.2, -0.15) is 0 Å². The number of ether oxygens (including phenoxy) is 2. The lowest BCUT2D eigenvalue weighted by molar-refractivity contribution is 0.0203. The molecular weight excluding hydrogens is 380 g/mol. The van der Waals surface area contributed by atoms with E-state index >= 15 is 0 Å². The second-order valence-electron chi connectivity index (χ2n) is 6.90. The minimum absolute atomic E-state index is 0.455. The Labute approximate surface area is 174 Å². The zero-order valence-corrected chi connectivity index (χ0v) is 16.8. The maximum Gasteiger partial charge on any atom is 0.228 e. The number of rotatable bonds is 8. The normalized spacial score (nSPS) is 26.2. The molecule has 0 aromatic heterocycles. The molecule has 4 unspecified atom stereocenters. The molecule has 2 heterocycles. The van der Waals surface area contributed by atoms with Crippen LogP contribution in [0.4, 0.5) is 0 Å². The fourth-order valence-corrected chi connectivity index (χ4v) is 3.93. The Bertz CT molecular complexity index is 911. The molecule has 8 nitrogen and oxygen atoms in total. The maximum absolute atomic E-state index is 5.88. The summed E-state index contributed by atoms with van der Waals surface area (Å²) < 4.78 is 11.8. The second kappa shape index (κ2) is 8.17. The molecule has 4 rings (SSSR count). The molecule has 0 amide bonds. The van der Waals surface area contributed by atoms with Crippen LogP contribution in [-0.2, 0) is 9.47 Å². The van der Waals surface area contributed by atoms with Gasteiger partial charge in [0.05, 0.1) is 0 Å². The van der Waals surface area contributed by atoms with Crippen LogP contribution in [0.5, 0.6) is 0 Å². The molecule has 0 saturated heterocycles. The molecular formula is C22H22N6O2. The van der Waals surface area contributed by atoms with Gasteiger partial charge in [-0.05, 0) is 11.1 Å². The molecule has 2 aromatic rings. The maximum atomic E-state index is 5.88. The number of hydrogen-bond acceptors (Lipinski definition) is 8. The molecule has 152 valence electrons. The molecule has 8 heteroatoms. The topological polar surface area (TPSA) is 92.6 Å². The third-order valence-electron chi connectivity index (χ3n) is 5.33. The van der Waals surface area contributed by atoms with Crippen molar-refractivity contribution in [3.8, 4) is 0 Å². The Morgan fingerprint density at radius 1 is 0.733 bits per heavy atom. The summed E-state index contributed by atoms with van der Waals surface area (Å²) >= 11 is 0. The van der Waals surface area contributed by atoms with Crippen molar-refractivity contribution >= 4 is 12.7 Å². The van der Waals surface area contributed by atoms with Crippen molar-refractivity contribution in [1.82, 2.24) is 0 Å². The van der Waals surface area contributed by atoms with Crippen molar-refractivity contribution < 1.29 is 9.47 Å². The quantitative estimate of drug-likeness (QED) is 0.599. The highest BCUT2D eigenvalue weighted by Gasteiger charge is 2.57. The van der Waals surface area contributed by atoms with E-state index < -0.39 is 23.5 Å². The number of azo groups is 2. The zero-order valence-electron chi connectivity index (χ0n) is 16.8. The van der Waals surface area contributed by atoms with E-state index in [0.717, 1.165) is 11.1 Å². The Morgan fingerprint density at radius 3 is 1.43 bits per heavy atom. The molecule has 0 bridgehead atoms. The number of methoxy groups -OCH3 is 2. The van der Waals surface area contributed by atoms with E-state index in [4.69, 9.17) is 9.47 Å². The molecule has 0 radical (unpaired) electrons. The van der Waals surface area contributed by atoms with E-state index in [1.807, 2.05) is 60.7 Å². The molecule has 0 fully saturated rings. The Kier molecular flexibility index (Phi) is 5.43.